The smallest absolute Gasteiger partial charge is 0.324 e. The van der Waals surface area contributed by atoms with E-state index in [1.54, 1.807) is 11.8 Å². The Morgan fingerprint density at radius 2 is 1.67 bits per heavy atom. The van der Waals surface area contributed by atoms with Crippen LogP contribution in [0.1, 0.15) is 22.7 Å². The van der Waals surface area contributed by atoms with E-state index in [0.29, 0.717) is 6.42 Å². The maximum Gasteiger partial charge on any atom is 0.416 e. The third-order valence-corrected chi connectivity index (χ3v) is 4.09. The van der Waals surface area contributed by atoms with E-state index in [1.165, 1.54) is 12.1 Å². The standard InChI is InChI=1S/C16H16F3NS/c1-21-15-5-3-2-4-13(15)14(20)10-11-6-8-12(9-7-11)16(17,18)19/h2-9,14H,10,20H2,1H3. The minimum atomic E-state index is -4.30. The summed E-state index contributed by atoms with van der Waals surface area (Å²) >= 11 is 1.61. The van der Waals surface area contributed by atoms with Crippen LogP contribution in [-0.4, -0.2) is 6.26 Å². The Bertz CT molecular complexity index is 593. The van der Waals surface area contributed by atoms with Crippen molar-refractivity contribution < 1.29 is 13.2 Å². The molecule has 2 rings (SSSR count). The summed E-state index contributed by atoms with van der Waals surface area (Å²) in [7, 11) is 0. The lowest BCUT2D eigenvalue weighted by Crippen LogP contribution is -2.14. The molecule has 1 atom stereocenters. The van der Waals surface area contributed by atoms with E-state index in [2.05, 4.69) is 0 Å². The molecular formula is C16H16F3NS. The first-order chi connectivity index (χ1) is 9.91. The third kappa shape index (κ3) is 4.02. The Kier molecular flexibility index (Phi) is 4.96. The average molecular weight is 311 g/mol. The van der Waals surface area contributed by atoms with Crippen molar-refractivity contribution in [3.63, 3.8) is 0 Å². The fourth-order valence-corrected chi connectivity index (χ4v) is 2.84. The Hall–Kier alpha value is -1.46. The van der Waals surface area contributed by atoms with Gasteiger partial charge in [0.15, 0.2) is 0 Å². The Morgan fingerprint density at radius 1 is 1.05 bits per heavy atom. The van der Waals surface area contributed by atoms with Crippen molar-refractivity contribution in [1.29, 1.82) is 0 Å². The van der Waals surface area contributed by atoms with Crippen LogP contribution in [-0.2, 0) is 12.6 Å². The molecule has 0 saturated heterocycles. The summed E-state index contributed by atoms with van der Waals surface area (Å²) in [6.07, 6.45) is -1.81. The molecule has 0 aliphatic carbocycles. The topological polar surface area (TPSA) is 26.0 Å². The molecule has 1 nitrogen and oxygen atoms in total. The summed E-state index contributed by atoms with van der Waals surface area (Å²) in [6.45, 7) is 0. The van der Waals surface area contributed by atoms with Crippen LogP contribution in [0.25, 0.3) is 0 Å². The molecule has 0 fully saturated rings. The summed E-state index contributed by atoms with van der Waals surface area (Å²) in [5.74, 6) is 0. The largest absolute Gasteiger partial charge is 0.416 e. The molecule has 0 radical (unpaired) electrons. The summed E-state index contributed by atoms with van der Waals surface area (Å²) < 4.78 is 37.6. The van der Waals surface area contributed by atoms with Gasteiger partial charge in [-0.25, -0.2) is 0 Å². The van der Waals surface area contributed by atoms with Gasteiger partial charge in [0.25, 0.3) is 0 Å². The Morgan fingerprint density at radius 3 is 2.24 bits per heavy atom. The van der Waals surface area contributed by atoms with Gasteiger partial charge in [0.2, 0.25) is 0 Å². The fourth-order valence-electron chi connectivity index (χ4n) is 2.17. The van der Waals surface area contributed by atoms with E-state index >= 15 is 0 Å². The number of hydrogen-bond acceptors (Lipinski definition) is 2. The highest BCUT2D eigenvalue weighted by atomic mass is 32.2. The molecule has 0 aliphatic rings. The lowest BCUT2D eigenvalue weighted by Gasteiger charge is -2.16. The van der Waals surface area contributed by atoms with Gasteiger partial charge in [-0.2, -0.15) is 13.2 Å². The zero-order valence-corrected chi connectivity index (χ0v) is 12.3. The summed E-state index contributed by atoms with van der Waals surface area (Å²) in [4.78, 5) is 1.09. The lowest BCUT2D eigenvalue weighted by atomic mass is 9.99. The van der Waals surface area contributed by atoms with Gasteiger partial charge < -0.3 is 5.73 Å². The molecular weight excluding hydrogens is 295 g/mol. The van der Waals surface area contributed by atoms with Crippen LogP contribution < -0.4 is 5.73 Å². The first-order valence-electron chi connectivity index (χ1n) is 6.46. The summed E-state index contributed by atoms with van der Waals surface area (Å²) in [5, 5.41) is 0. The SMILES string of the molecule is CSc1ccccc1C(N)Cc1ccc(C(F)(F)F)cc1. The van der Waals surface area contributed by atoms with E-state index in [0.717, 1.165) is 28.2 Å². The molecule has 1 unspecified atom stereocenters. The molecule has 0 saturated carbocycles. The maximum absolute atomic E-state index is 12.5. The highest BCUT2D eigenvalue weighted by molar-refractivity contribution is 7.98. The first kappa shape index (κ1) is 15.9. The van der Waals surface area contributed by atoms with Crippen LogP contribution in [0, 0.1) is 0 Å². The molecule has 21 heavy (non-hydrogen) atoms. The predicted molar refractivity (Wildman–Crippen MR) is 80.3 cm³/mol. The molecule has 0 heterocycles. The van der Waals surface area contributed by atoms with Crippen LogP contribution in [0.15, 0.2) is 53.4 Å². The number of benzene rings is 2. The predicted octanol–water partition coefficient (Wildman–Crippen LogP) is 4.67. The second-order valence-electron chi connectivity index (χ2n) is 4.75. The minimum Gasteiger partial charge on any atom is -0.324 e. The van der Waals surface area contributed by atoms with E-state index in [1.807, 2.05) is 30.5 Å². The van der Waals surface area contributed by atoms with E-state index in [9.17, 15) is 13.2 Å². The van der Waals surface area contributed by atoms with Gasteiger partial charge in [-0.3, -0.25) is 0 Å². The Labute approximate surface area is 126 Å². The second-order valence-corrected chi connectivity index (χ2v) is 5.60. The van der Waals surface area contributed by atoms with Gasteiger partial charge in [-0.1, -0.05) is 30.3 Å². The number of rotatable bonds is 4. The fraction of sp³-hybridized carbons (Fsp3) is 0.250. The second kappa shape index (κ2) is 6.54. The van der Waals surface area contributed by atoms with Crippen molar-refractivity contribution in [2.45, 2.75) is 23.5 Å². The highest BCUT2D eigenvalue weighted by Crippen LogP contribution is 2.30. The number of alkyl halides is 3. The van der Waals surface area contributed by atoms with Crippen LogP contribution in [0.4, 0.5) is 13.2 Å². The maximum atomic E-state index is 12.5. The quantitative estimate of drug-likeness (QED) is 0.830. The van der Waals surface area contributed by atoms with Crippen LogP contribution in [0.3, 0.4) is 0 Å². The number of hydrogen-bond donors (Lipinski definition) is 1. The van der Waals surface area contributed by atoms with E-state index in [-0.39, 0.29) is 6.04 Å². The van der Waals surface area contributed by atoms with Gasteiger partial charge in [-0.15, -0.1) is 11.8 Å². The first-order valence-corrected chi connectivity index (χ1v) is 7.69. The monoisotopic (exact) mass is 311 g/mol. The van der Waals surface area contributed by atoms with Gasteiger partial charge in [0, 0.05) is 10.9 Å². The molecule has 0 spiro atoms. The van der Waals surface area contributed by atoms with Crippen molar-refractivity contribution in [1.82, 2.24) is 0 Å². The molecule has 0 bridgehead atoms. The summed E-state index contributed by atoms with van der Waals surface area (Å²) in [5.41, 5.74) is 7.37. The molecule has 0 aliphatic heterocycles. The Balaban J connectivity index is 2.14. The van der Waals surface area contributed by atoms with Crippen molar-refractivity contribution in [2.24, 2.45) is 5.73 Å². The zero-order valence-electron chi connectivity index (χ0n) is 11.5. The highest BCUT2D eigenvalue weighted by Gasteiger charge is 2.29. The van der Waals surface area contributed by atoms with Gasteiger partial charge in [-0.05, 0) is 42.0 Å². The van der Waals surface area contributed by atoms with Crippen molar-refractivity contribution >= 4 is 11.8 Å². The molecule has 2 N–H and O–H groups in total. The van der Waals surface area contributed by atoms with E-state index in [4.69, 9.17) is 5.73 Å². The van der Waals surface area contributed by atoms with Crippen LogP contribution in [0.5, 0.6) is 0 Å². The van der Waals surface area contributed by atoms with Crippen molar-refractivity contribution in [3.05, 3.63) is 65.2 Å². The average Bonchev–Trinajstić information content (AvgIpc) is 2.46. The van der Waals surface area contributed by atoms with Gasteiger partial charge in [0.05, 0.1) is 5.56 Å². The molecule has 0 amide bonds. The van der Waals surface area contributed by atoms with E-state index < -0.39 is 11.7 Å². The third-order valence-electron chi connectivity index (χ3n) is 3.28. The molecule has 2 aromatic carbocycles. The van der Waals surface area contributed by atoms with Crippen LogP contribution >= 0.6 is 11.8 Å². The van der Waals surface area contributed by atoms with Gasteiger partial charge >= 0.3 is 6.18 Å². The molecule has 2 aromatic rings. The van der Waals surface area contributed by atoms with Crippen molar-refractivity contribution in [3.8, 4) is 0 Å². The lowest BCUT2D eigenvalue weighted by molar-refractivity contribution is -0.137. The summed E-state index contributed by atoms with van der Waals surface area (Å²) in [6, 6.07) is 12.8. The normalized spacial score (nSPS) is 13.2. The number of nitrogens with two attached hydrogens (primary N) is 1. The van der Waals surface area contributed by atoms with Crippen LogP contribution in [0.2, 0.25) is 0 Å². The van der Waals surface area contributed by atoms with Gasteiger partial charge in [0.1, 0.15) is 0 Å². The number of thioether (sulfide) groups is 1. The minimum absolute atomic E-state index is 0.231. The van der Waals surface area contributed by atoms with Crippen molar-refractivity contribution in [2.75, 3.05) is 6.26 Å². The number of halogens is 3. The zero-order chi connectivity index (χ0) is 15.5. The molecule has 5 heteroatoms. The molecule has 0 aromatic heterocycles. The molecule has 112 valence electrons.